The summed E-state index contributed by atoms with van der Waals surface area (Å²) in [6.07, 6.45) is 1.16. The monoisotopic (exact) mass is 317 g/mol. The van der Waals surface area contributed by atoms with Gasteiger partial charge in [0.15, 0.2) is 0 Å². The van der Waals surface area contributed by atoms with E-state index in [1.165, 1.54) is 16.7 Å². The third-order valence-corrected chi connectivity index (χ3v) is 5.20. The molecule has 0 aliphatic carbocycles. The molecule has 0 saturated carbocycles. The van der Waals surface area contributed by atoms with Gasteiger partial charge in [-0.05, 0) is 44.0 Å². The summed E-state index contributed by atoms with van der Waals surface area (Å²) in [5.74, 6) is 1.09. The van der Waals surface area contributed by atoms with Crippen LogP contribution in [0.1, 0.15) is 37.5 Å². The van der Waals surface area contributed by atoms with Gasteiger partial charge in [-0.15, -0.1) is 0 Å². The van der Waals surface area contributed by atoms with Crippen molar-refractivity contribution in [1.29, 1.82) is 0 Å². The zero-order valence-electron chi connectivity index (χ0n) is 14.9. The highest BCUT2D eigenvalue weighted by molar-refractivity contribution is 5.44. The minimum absolute atomic E-state index is 0.637. The second-order valence-electron chi connectivity index (χ2n) is 6.80. The number of nitrogens with zero attached hydrogens (tertiary/aromatic N) is 2. The Morgan fingerprint density at radius 1 is 1.17 bits per heavy atom. The Bertz CT molecular complexity index is 526. The Balaban J connectivity index is 1.84. The summed E-state index contributed by atoms with van der Waals surface area (Å²) in [5, 5.41) is 3.43. The molecule has 1 aromatic rings. The first-order chi connectivity index (χ1) is 11.2. The fourth-order valence-corrected chi connectivity index (χ4v) is 3.82. The number of piperazine rings is 1. The van der Waals surface area contributed by atoms with Crippen molar-refractivity contribution < 1.29 is 4.74 Å². The van der Waals surface area contributed by atoms with Crippen LogP contribution in [0.5, 0.6) is 5.75 Å². The largest absolute Gasteiger partial charge is 0.494 e. The van der Waals surface area contributed by atoms with E-state index in [1.807, 2.05) is 0 Å². The van der Waals surface area contributed by atoms with Gasteiger partial charge in [-0.25, -0.2) is 0 Å². The third-order valence-electron chi connectivity index (χ3n) is 5.20. The Morgan fingerprint density at radius 2 is 1.96 bits per heavy atom. The van der Waals surface area contributed by atoms with Gasteiger partial charge < -0.3 is 10.1 Å². The molecule has 1 N–H and O–H groups in total. The van der Waals surface area contributed by atoms with E-state index in [2.05, 4.69) is 48.0 Å². The van der Waals surface area contributed by atoms with E-state index in [-0.39, 0.29) is 0 Å². The Labute approximate surface area is 140 Å². The molecule has 128 valence electrons. The van der Waals surface area contributed by atoms with Crippen molar-refractivity contribution in [2.75, 3.05) is 39.3 Å². The highest BCUT2D eigenvalue weighted by Crippen LogP contribution is 2.31. The number of hydrogen-bond acceptors (Lipinski definition) is 4. The first-order valence-electron chi connectivity index (χ1n) is 9.15. The fraction of sp³-hybridized carbons (Fsp3) is 0.684. The number of ether oxygens (including phenoxy) is 1. The van der Waals surface area contributed by atoms with Crippen molar-refractivity contribution in [3.63, 3.8) is 0 Å². The maximum Gasteiger partial charge on any atom is 0.124 e. The van der Waals surface area contributed by atoms with Gasteiger partial charge in [0.05, 0.1) is 6.61 Å². The van der Waals surface area contributed by atoms with Gasteiger partial charge in [-0.3, -0.25) is 9.80 Å². The lowest BCUT2D eigenvalue weighted by Crippen LogP contribution is -2.43. The van der Waals surface area contributed by atoms with Crippen molar-refractivity contribution in [2.24, 2.45) is 0 Å². The molecule has 4 nitrogen and oxygen atoms in total. The number of rotatable bonds is 5. The Kier molecular flexibility index (Phi) is 5.57. The lowest BCUT2D eigenvalue weighted by atomic mass is 9.92. The van der Waals surface area contributed by atoms with Gasteiger partial charge in [0, 0.05) is 50.9 Å². The van der Waals surface area contributed by atoms with Crippen LogP contribution in [0.25, 0.3) is 0 Å². The maximum absolute atomic E-state index is 5.98. The average molecular weight is 317 g/mol. The van der Waals surface area contributed by atoms with Crippen molar-refractivity contribution in [3.8, 4) is 5.75 Å². The van der Waals surface area contributed by atoms with Crippen LogP contribution >= 0.6 is 0 Å². The number of nitrogens with one attached hydrogen (secondary N) is 1. The molecule has 0 aromatic heterocycles. The molecule has 23 heavy (non-hydrogen) atoms. The summed E-state index contributed by atoms with van der Waals surface area (Å²) >= 11 is 0. The van der Waals surface area contributed by atoms with E-state index < -0.39 is 0 Å². The Hall–Kier alpha value is -1.10. The second-order valence-corrected chi connectivity index (χ2v) is 6.80. The van der Waals surface area contributed by atoms with Crippen molar-refractivity contribution in [3.05, 3.63) is 28.8 Å². The number of likely N-dealkylation sites (N-methyl/N-ethyl adjacent to an activating group) is 1. The first-order valence-corrected chi connectivity index (χ1v) is 9.15. The van der Waals surface area contributed by atoms with E-state index in [4.69, 9.17) is 4.74 Å². The molecular weight excluding hydrogens is 286 g/mol. The van der Waals surface area contributed by atoms with E-state index in [9.17, 15) is 0 Å². The third kappa shape index (κ3) is 3.87. The minimum Gasteiger partial charge on any atom is -0.494 e. The predicted molar refractivity (Wildman–Crippen MR) is 95.0 cm³/mol. The maximum atomic E-state index is 5.98. The summed E-state index contributed by atoms with van der Waals surface area (Å²) in [5.41, 5.74) is 4.35. The molecule has 1 fully saturated rings. The summed E-state index contributed by atoms with van der Waals surface area (Å²) in [6.45, 7) is 15.0. The van der Waals surface area contributed by atoms with Crippen LogP contribution in [0.15, 0.2) is 12.1 Å². The SMILES string of the molecule is CCOc1cc2c(cc1CN1CCNCC1)CC(C)N(CC)C2. The average Bonchev–Trinajstić information content (AvgIpc) is 2.56. The lowest BCUT2D eigenvalue weighted by molar-refractivity contribution is 0.193. The Morgan fingerprint density at radius 3 is 2.65 bits per heavy atom. The zero-order valence-corrected chi connectivity index (χ0v) is 14.9. The van der Waals surface area contributed by atoms with E-state index in [0.29, 0.717) is 6.04 Å². The molecule has 1 aromatic carbocycles. The van der Waals surface area contributed by atoms with Gasteiger partial charge >= 0.3 is 0 Å². The van der Waals surface area contributed by atoms with Gasteiger partial charge in [-0.1, -0.05) is 13.0 Å². The molecule has 1 saturated heterocycles. The van der Waals surface area contributed by atoms with Crippen molar-refractivity contribution in [2.45, 2.75) is 46.3 Å². The molecule has 3 rings (SSSR count). The summed E-state index contributed by atoms with van der Waals surface area (Å²) in [7, 11) is 0. The highest BCUT2D eigenvalue weighted by atomic mass is 16.5. The first kappa shape index (κ1) is 16.7. The van der Waals surface area contributed by atoms with Crippen LogP contribution in [-0.2, 0) is 19.5 Å². The molecule has 2 aliphatic rings. The standard InChI is InChI=1S/C19H31N3O/c1-4-22-14-17-12-19(23-5-2)18(11-16(17)10-15(22)3)13-21-8-6-20-7-9-21/h11-12,15,20H,4-10,13-14H2,1-3H3. The molecule has 0 amide bonds. The topological polar surface area (TPSA) is 27.7 Å². The van der Waals surface area contributed by atoms with Crippen LogP contribution in [0.3, 0.4) is 0 Å². The van der Waals surface area contributed by atoms with Gasteiger partial charge in [0.1, 0.15) is 5.75 Å². The van der Waals surface area contributed by atoms with Crippen LogP contribution in [-0.4, -0.2) is 55.2 Å². The molecule has 2 heterocycles. The quantitative estimate of drug-likeness (QED) is 0.901. The molecule has 2 aliphatic heterocycles. The lowest BCUT2D eigenvalue weighted by Gasteiger charge is -2.35. The summed E-state index contributed by atoms with van der Waals surface area (Å²) < 4.78 is 5.98. The van der Waals surface area contributed by atoms with Crippen LogP contribution in [0, 0.1) is 0 Å². The highest BCUT2D eigenvalue weighted by Gasteiger charge is 2.24. The van der Waals surface area contributed by atoms with Crippen LogP contribution in [0.4, 0.5) is 0 Å². The van der Waals surface area contributed by atoms with Gasteiger partial charge in [0.25, 0.3) is 0 Å². The molecule has 0 bridgehead atoms. The number of fused-ring (bicyclic) bond motifs is 1. The van der Waals surface area contributed by atoms with E-state index >= 15 is 0 Å². The molecule has 0 radical (unpaired) electrons. The minimum atomic E-state index is 0.637. The van der Waals surface area contributed by atoms with Gasteiger partial charge in [0.2, 0.25) is 0 Å². The number of benzene rings is 1. The molecule has 0 spiro atoms. The number of hydrogen-bond donors (Lipinski definition) is 1. The van der Waals surface area contributed by atoms with Crippen molar-refractivity contribution >= 4 is 0 Å². The fourth-order valence-electron chi connectivity index (χ4n) is 3.82. The van der Waals surface area contributed by atoms with Gasteiger partial charge in [-0.2, -0.15) is 0 Å². The molecule has 1 unspecified atom stereocenters. The normalized spacial score (nSPS) is 22.8. The molecular formula is C19H31N3O. The molecule has 1 atom stereocenters. The molecule has 4 heteroatoms. The summed E-state index contributed by atoms with van der Waals surface area (Å²) in [4.78, 5) is 5.08. The second kappa shape index (κ2) is 7.65. The zero-order chi connectivity index (χ0) is 16.2. The van der Waals surface area contributed by atoms with E-state index in [1.54, 1.807) is 0 Å². The van der Waals surface area contributed by atoms with Crippen LogP contribution < -0.4 is 10.1 Å². The van der Waals surface area contributed by atoms with Crippen LogP contribution in [0.2, 0.25) is 0 Å². The van der Waals surface area contributed by atoms with Crippen molar-refractivity contribution in [1.82, 2.24) is 15.1 Å². The summed E-state index contributed by atoms with van der Waals surface area (Å²) in [6, 6.07) is 5.37. The smallest absolute Gasteiger partial charge is 0.124 e. The predicted octanol–water partition coefficient (Wildman–Crippen LogP) is 2.26. The van der Waals surface area contributed by atoms with E-state index in [0.717, 1.165) is 64.6 Å².